The summed E-state index contributed by atoms with van der Waals surface area (Å²) < 4.78 is 32.8. The molecule has 0 aliphatic carbocycles. The standard InChI is InChI=1S/C22H18ClF2N3O2/c1-3-6-14-11-15(23)9-10-16(14)17-7-4-5-8-19(17)26-22(29)20-18(21(24)25)12-28(27-20)13-30-2/h1,4-5,7-12,21H,6,13H2,2H3,(H,26,29). The Hall–Kier alpha value is -3.21. The zero-order valence-corrected chi connectivity index (χ0v) is 16.8. The molecule has 8 heteroatoms. The highest BCUT2D eigenvalue weighted by atomic mass is 35.5. The Morgan fingerprint density at radius 1 is 1.30 bits per heavy atom. The number of terminal acetylenes is 1. The number of aromatic nitrogens is 2. The molecule has 1 amide bonds. The predicted molar refractivity (Wildman–Crippen MR) is 112 cm³/mol. The van der Waals surface area contributed by atoms with Gasteiger partial charge in [0.15, 0.2) is 5.69 Å². The minimum Gasteiger partial charge on any atom is -0.362 e. The maximum absolute atomic E-state index is 13.4. The average molecular weight is 430 g/mol. The summed E-state index contributed by atoms with van der Waals surface area (Å²) in [5.74, 6) is 1.84. The summed E-state index contributed by atoms with van der Waals surface area (Å²) in [5.41, 5.74) is 1.88. The first-order valence-electron chi connectivity index (χ1n) is 8.91. The Kier molecular flexibility index (Phi) is 6.83. The zero-order chi connectivity index (χ0) is 21.7. The normalized spacial score (nSPS) is 10.8. The first-order valence-corrected chi connectivity index (χ1v) is 9.29. The fourth-order valence-electron chi connectivity index (χ4n) is 3.06. The van der Waals surface area contributed by atoms with E-state index < -0.39 is 17.9 Å². The fourth-order valence-corrected chi connectivity index (χ4v) is 3.26. The van der Waals surface area contributed by atoms with Crippen LogP contribution in [0.25, 0.3) is 11.1 Å². The van der Waals surface area contributed by atoms with Gasteiger partial charge in [0.25, 0.3) is 12.3 Å². The number of amides is 1. The third kappa shape index (κ3) is 4.67. The maximum atomic E-state index is 13.4. The van der Waals surface area contributed by atoms with Gasteiger partial charge in [-0.3, -0.25) is 4.79 Å². The number of nitrogens with one attached hydrogen (secondary N) is 1. The Morgan fingerprint density at radius 3 is 2.77 bits per heavy atom. The Balaban J connectivity index is 1.99. The molecule has 154 valence electrons. The first kappa shape index (κ1) is 21.5. The molecular formula is C22H18ClF2N3O2. The number of carbonyl (C=O) groups excluding carboxylic acids is 1. The van der Waals surface area contributed by atoms with Gasteiger partial charge in [-0.05, 0) is 29.3 Å². The van der Waals surface area contributed by atoms with Crippen LogP contribution in [0.5, 0.6) is 0 Å². The molecular weight excluding hydrogens is 412 g/mol. The minimum absolute atomic E-state index is 0.0518. The van der Waals surface area contributed by atoms with E-state index in [-0.39, 0.29) is 12.4 Å². The molecule has 3 rings (SSSR count). The Labute approximate surface area is 177 Å². The molecule has 0 saturated carbocycles. The van der Waals surface area contributed by atoms with Gasteiger partial charge in [0.2, 0.25) is 0 Å². The van der Waals surface area contributed by atoms with Crippen molar-refractivity contribution in [1.82, 2.24) is 9.78 Å². The highest BCUT2D eigenvalue weighted by Crippen LogP contribution is 2.33. The third-order valence-corrected chi connectivity index (χ3v) is 4.56. The molecule has 2 aromatic carbocycles. The second-order valence-corrected chi connectivity index (χ2v) is 6.81. The summed E-state index contributed by atoms with van der Waals surface area (Å²) in [4.78, 5) is 12.8. The van der Waals surface area contributed by atoms with Gasteiger partial charge >= 0.3 is 0 Å². The zero-order valence-electron chi connectivity index (χ0n) is 16.0. The van der Waals surface area contributed by atoms with Crippen LogP contribution < -0.4 is 5.32 Å². The van der Waals surface area contributed by atoms with Crippen LogP contribution in [-0.4, -0.2) is 22.8 Å². The molecule has 0 atom stereocenters. The number of methoxy groups -OCH3 is 1. The highest BCUT2D eigenvalue weighted by Gasteiger charge is 2.24. The van der Waals surface area contributed by atoms with E-state index in [1.807, 2.05) is 0 Å². The van der Waals surface area contributed by atoms with Crippen molar-refractivity contribution in [2.45, 2.75) is 19.6 Å². The Bertz CT molecular complexity index is 1110. The molecule has 5 nitrogen and oxygen atoms in total. The molecule has 0 fully saturated rings. The molecule has 30 heavy (non-hydrogen) atoms. The van der Waals surface area contributed by atoms with E-state index in [1.165, 1.54) is 7.11 Å². The first-order chi connectivity index (χ1) is 14.4. The molecule has 1 N–H and O–H groups in total. The molecule has 3 aromatic rings. The van der Waals surface area contributed by atoms with Gasteiger partial charge < -0.3 is 10.1 Å². The van der Waals surface area contributed by atoms with Crippen molar-refractivity contribution in [2.75, 3.05) is 12.4 Å². The second-order valence-electron chi connectivity index (χ2n) is 6.37. The molecule has 0 spiro atoms. The average Bonchev–Trinajstić information content (AvgIpc) is 3.14. The van der Waals surface area contributed by atoms with Crippen molar-refractivity contribution in [1.29, 1.82) is 0 Å². The van der Waals surface area contributed by atoms with E-state index in [0.717, 1.165) is 22.0 Å². The summed E-state index contributed by atoms with van der Waals surface area (Å²) >= 11 is 6.09. The number of anilines is 1. The van der Waals surface area contributed by atoms with Gasteiger partial charge in [-0.2, -0.15) is 5.10 Å². The van der Waals surface area contributed by atoms with Crippen LogP contribution in [0.1, 0.15) is 28.0 Å². The van der Waals surface area contributed by atoms with Crippen LogP contribution in [0.3, 0.4) is 0 Å². The van der Waals surface area contributed by atoms with Crippen LogP contribution >= 0.6 is 11.6 Å². The summed E-state index contributed by atoms with van der Waals surface area (Å²) in [5, 5.41) is 7.16. The second kappa shape index (κ2) is 9.53. The molecule has 0 bridgehead atoms. The number of nitrogens with zero attached hydrogens (tertiary/aromatic N) is 2. The fraction of sp³-hybridized carbons (Fsp3) is 0.182. The molecule has 0 aliphatic heterocycles. The van der Waals surface area contributed by atoms with Crippen LogP contribution in [0.2, 0.25) is 5.02 Å². The van der Waals surface area contributed by atoms with E-state index in [0.29, 0.717) is 22.7 Å². The van der Waals surface area contributed by atoms with E-state index in [1.54, 1.807) is 42.5 Å². The highest BCUT2D eigenvalue weighted by molar-refractivity contribution is 6.30. The largest absolute Gasteiger partial charge is 0.362 e. The number of rotatable bonds is 7. The molecule has 1 aromatic heterocycles. The van der Waals surface area contributed by atoms with E-state index in [4.69, 9.17) is 22.8 Å². The predicted octanol–water partition coefficient (Wildman–Crippen LogP) is 5.17. The van der Waals surface area contributed by atoms with E-state index >= 15 is 0 Å². The smallest absolute Gasteiger partial charge is 0.276 e. The van der Waals surface area contributed by atoms with Gasteiger partial charge in [-0.15, -0.1) is 12.3 Å². The number of ether oxygens (including phenoxy) is 1. The van der Waals surface area contributed by atoms with Gasteiger partial charge in [-0.1, -0.05) is 35.9 Å². The van der Waals surface area contributed by atoms with E-state index in [9.17, 15) is 13.6 Å². The summed E-state index contributed by atoms with van der Waals surface area (Å²) in [6.45, 7) is -0.0518. The van der Waals surface area contributed by atoms with Crippen molar-refractivity contribution in [2.24, 2.45) is 0 Å². The molecule has 1 heterocycles. The molecule has 0 unspecified atom stereocenters. The van der Waals surface area contributed by atoms with Gasteiger partial charge in [0, 0.05) is 36.0 Å². The van der Waals surface area contributed by atoms with Crippen LogP contribution in [-0.2, 0) is 17.9 Å². The third-order valence-electron chi connectivity index (χ3n) is 4.33. The lowest BCUT2D eigenvalue weighted by atomic mass is 9.96. The number of carbonyl (C=O) groups is 1. The molecule has 0 saturated heterocycles. The van der Waals surface area contributed by atoms with Crippen molar-refractivity contribution in [3.63, 3.8) is 0 Å². The number of hydrogen-bond donors (Lipinski definition) is 1. The summed E-state index contributed by atoms with van der Waals surface area (Å²) in [6, 6.07) is 12.3. The number of alkyl halides is 2. The number of hydrogen-bond acceptors (Lipinski definition) is 3. The van der Waals surface area contributed by atoms with Crippen molar-refractivity contribution >= 4 is 23.2 Å². The van der Waals surface area contributed by atoms with Gasteiger partial charge in [0.1, 0.15) is 6.73 Å². The monoisotopic (exact) mass is 429 g/mol. The summed E-state index contributed by atoms with van der Waals surface area (Å²) in [6.07, 6.45) is 4.05. The Morgan fingerprint density at radius 2 is 2.07 bits per heavy atom. The number of benzene rings is 2. The van der Waals surface area contributed by atoms with Crippen molar-refractivity contribution < 1.29 is 18.3 Å². The van der Waals surface area contributed by atoms with Crippen LogP contribution in [0, 0.1) is 12.3 Å². The quantitative estimate of drug-likeness (QED) is 0.527. The van der Waals surface area contributed by atoms with Gasteiger partial charge in [-0.25, -0.2) is 13.5 Å². The lowest BCUT2D eigenvalue weighted by molar-refractivity contribution is 0.0998. The lowest BCUT2D eigenvalue weighted by Crippen LogP contribution is -2.16. The maximum Gasteiger partial charge on any atom is 0.276 e. The minimum atomic E-state index is -2.86. The van der Waals surface area contributed by atoms with E-state index in [2.05, 4.69) is 16.3 Å². The van der Waals surface area contributed by atoms with Crippen LogP contribution in [0.15, 0.2) is 48.7 Å². The van der Waals surface area contributed by atoms with Crippen molar-refractivity contribution in [3.05, 3.63) is 70.5 Å². The number of para-hydroxylation sites is 1. The van der Waals surface area contributed by atoms with Crippen molar-refractivity contribution in [3.8, 4) is 23.5 Å². The summed E-state index contributed by atoms with van der Waals surface area (Å²) in [7, 11) is 1.40. The van der Waals surface area contributed by atoms with Gasteiger partial charge in [0.05, 0.1) is 5.56 Å². The topological polar surface area (TPSA) is 56.2 Å². The lowest BCUT2D eigenvalue weighted by Gasteiger charge is -2.14. The molecule has 0 aliphatic rings. The molecule has 0 radical (unpaired) electrons. The number of halogens is 3. The van der Waals surface area contributed by atoms with Crippen LogP contribution in [0.4, 0.5) is 14.5 Å². The SMILES string of the molecule is C#CCc1cc(Cl)ccc1-c1ccccc1NC(=O)c1nn(COC)cc1C(F)F.